The number of para-hydroxylation sites is 1. The number of hydrogen-bond acceptors (Lipinski definition) is 1. The lowest BCUT2D eigenvalue weighted by atomic mass is 10.1. The molecule has 3 N–H and O–H groups in total. The van der Waals surface area contributed by atoms with Crippen LogP contribution in [0, 0.1) is 6.92 Å². The summed E-state index contributed by atoms with van der Waals surface area (Å²) in [5.41, 5.74) is 5.20. The summed E-state index contributed by atoms with van der Waals surface area (Å²) in [6.07, 6.45) is 0. The Balaban J connectivity index is 1.70. The molecule has 0 saturated heterocycles. The van der Waals surface area contributed by atoms with E-state index in [9.17, 15) is 4.79 Å². The van der Waals surface area contributed by atoms with Crippen LogP contribution < -0.4 is 10.6 Å². The van der Waals surface area contributed by atoms with Crippen LogP contribution in [0.3, 0.4) is 0 Å². The van der Waals surface area contributed by atoms with Crippen molar-refractivity contribution < 1.29 is 4.79 Å². The molecule has 0 aliphatic carbocycles. The zero-order valence-corrected chi connectivity index (χ0v) is 15.5. The average Bonchev–Trinajstić information content (AvgIpc) is 3.04. The number of fused-ring (bicyclic) bond motifs is 1. The molecule has 27 heavy (non-hydrogen) atoms. The maximum absolute atomic E-state index is 12.7. The van der Waals surface area contributed by atoms with Crippen molar-refractivity contribution in [1.82, 2.24) is 4.98 Å². The number of urea groups is 1. The Morgan fingerprint density at radius 3 is 2.48 bits per heavy atom. The number of aromatic amines is 1. The molecule has 2 amide bonds. The van der Waals surface area contributed by atoms with Gasteiger partial charge in [-0.15, -0.1) is 0 Å². The second-order valence-electron chi connectivity index (χ2n) is 6.32. The molecule has 0 radical (unpaired) electrons. The number of nitrogens with one attached hydrogen (secondary N) is 3. The van der Waals surface area contributed by atoms with E-state index in [1.165, 1.54) is 0 Å². The molecule has 134 valence electrons. The van der Waals surface area contributed by atoms with Gasteiger partial charge in [0.05, 0.1) is 11.4 Å². The molecule has 0 saturated carbocycles. The van der Waals surface area contributed by atoms with Crippen LogP contribution in [0.1, 0.15) is 5.56 Å². The minimum Gasteiger partial charge on any atom is -0.353 e. The normalized spacial score (nSPS) is 10.7. The van der Waals surface area contributed by atoms with E-state index in [4.69, 9.17) is 11.6 Å². The van der Waals surface area contributed by atoms with Crippen LogP contribution in [0.2, 0.25) is 5.02 Å². The first kappa shape index (κ1) is 17.2. The van der Waals surface area contributed by atoms with Gasteiger partial charge in [-0.1, -0.05) is 66.2 Å². The first-order valence-electron chi connectivity index (χ1n) is 8.62. The number of halogens is 1. The van der Waals surface area contributed by atoms with Gasteiger partial charge in [0.1, 0.15) is 0 Å². The first-order chi connectivity index (χ1) is 13.1. The third-order valence-electron chi connectivity index (χ3n) is 4.45. The van der Waals surface area contributed by atoms with Crippen molar-refractivity contribution in [1.29, 1.82) is 0 Å². The van der Waals surface area contributed by atoms with E-state index in [1.54, 1.807) is 12.1 Å². The zero-order chi connectivity index (χ0) is 18.8. The fourth-order valence-electron chi connectivity index (χ4n) is 3.09. The molecule has 0 spiro atoms. The van der Waals surface area contributed by atoms with Crippen LogP contribution in [0.5, 0.6) is 0 Å². The molecule has 0 atom stereocenters. The van der Waals surface area contributed by atoms with Gasteiger partial charge in [-0.25, -0.2) is 4.79 Å². The molecule has 4 nitrogen and oxygen atoms in total. The molecule has 1 heterocycles. The number of carbonyl (C=O) groups is 1. The van der Waals surface area contributed by atoms with Crippen LogP contribution in [0.4, 0.5) is 16.2 Å². The Kier molecular flexibility index (Phi) is 4.57. The van der Waals surface area contributed by atoms with Gasteiger partial charge in [0.15, 0.2) is 0 Å². The Morgan fingerprint density at radius 1 is 0.926 bits per heavy atom. The first-order valence-corrected chi connectivity index (χ1v) is 9.00. The van der Waals surface area contributed by atoms with Gasteiger partial charge in [0, 0.05) is 27.2 Å². The molecule has 0 aliphatic rings. The number of amides is 2. The Hall–Kier alpha value is -3.24. The fraction of sp³-hybridized carbons (Fsp3) is 0.0455. The van der Waals surface area contributed by atoms with E-state index in [2.05, 4.69) is 15.6 Å². The molecule has 1 aromatic heterocycles. The molecular weight excluding hydrogens is 358 g/mol. The molecule has 4 rings (SSSR count). The molecule has 0 unspecified atom stereocenters. The number of anilines is 2. The number of H-pyrrole nitrogens is 1. The highest BCUT2D eigenvalue weighted by Gasteiger charge is 2.15. The summed E-state index contributed by atoms with van der Waals surface area (Å²) < 4.78 is 0. The summed E-state index contributed by atoms with van der Waals surface area (Å²) in [7, 11) is 0. The predicted octanol–water partition coefficient (Wildman–Crippen LogP) is 6.44. The van der Waals surface area contributed by atoms with Gasteiger partial charge in [-0.05, 0) is 30.7 Å². The molecule has 5 heteroatoms. The molecule has 3 aromatic carbocycles. The van der Waals surface area contributed by atoms with E-state index in [1.807, 2.05) is 67.6 Å². The number of benzene rings is 3. The van der Waals surface area contributed by atoms with Gasteiger partial charge in [-0.2, -0.15) is 0 Å². The van der Waals surface area contributed by atoms with Gasteiger partial charge in [0.25, 0.3) is 0 Å². The summed E-state index contributed by atoms with van der Waals surface area (Å²) in [6.45, 7) is 1.92. The molecular formula is C22H18ClN3O. The van der Waals surface area contributed by atoms with E-state index < -0.39 is 0 Å². The SMILES string of the molecule is Cc1ccc(Cl)cc1NC(=O)Nc1c(-c2ccccc2)[nH]c2ccccc12. The maximum atomic E-state index is 12.7. The summed E-state index contributed by atoms with van der Waals surface area (Å²) in [6, 6.07) is 22.9. The highest BCUT2D eigenvalue weighted by molar-refractivity contribution is 6.31. The molecule has 0 aliphatic heterocycles. The van der Waals surface area contributed by atoms with E-state index >= 15 is 0 Å². The maximum Gasteiger partial charge on any atom is 0.323 e. The molecule has 0 fully saturated rings. The van der Waals surface area contributed by atoms with Crippen LogP contribution >= 0.6 is 11.6 Å². The molecule has 0 bridgehead atoms. The fourth-order valence-corrected chi connectivity index (χ4v) is 3.26. The Bertz CT molecular complexity index is 1120. The largest absolute Gasteiger partial charge is 0.353 e. The minimum atomic E-state index is -0.317. The van der Waals surface area contributed by atoms with Gasteiger partial charge in [0.2, 0.25) is 0 Å². The number of hydrogen-bond donors (Lipinski definition) is 3. The second-order valence-corrected chi connectivity index (χ2v) is 6.76. The number of rotatable bonds is 3. The monoisotopic (exact) mass is 375 g/mol. The van der Waals surface area contributed by atoms with Crippen LogP contribution in [0.15, 0.2) is 72.8 Å². The van der Waals surface area contributed by atoms with Gasteiger partial charge < -0.3 is 15.6 Å². The summed E-state index contributed by atoms with van der Waals surface area (Å²) >= 11 is 6.05. The lowest BCUT2D eigenvalue weighted by molar-refractivity contribution is 0.262. The summed E-state index contributed by atoms with van der Waals surface area (Å²) in [5, 5.41) is 7.42. The van der Waals surface area contributed by atoms with Gasteiger partial charge in [-0.3, -0.25) is 0 Å². The lowest BCUT2D eigenvalue weighted by Gasteiger charge is -2.11. The smallest absolute Gasteiger partial charge is 0.323 e. The third-order valence-corrected chi connectivity index (χ3v) is 4.69. The highest BCUT2D eigenvalue weighted by atomic mass is 35.5. The lowest BCUT2D eigenvalue weighted by Crippen LogP contribution is -2.20. The second kappa shape index (κ2) is 7.17. The van der Waals surface area contributed by atoms with Crippen molar-refractivity contribution in [3.05, 3.63) is 83.4 Å². The van der Waals surface area contributed by atoms with Crippen LogP contribution in [-0.4, -0.2) is 11.0 Å². The van der Waals surface area contributed by atoms with Crippen molar-refractivity contribution in [2.45, 2.75) is 6.92 Å². The standard InChI is InChI=1S/C22H18ClN3O/c1-14-11-12-16(23)13-19(14)25-22(27)26-21-17-9-5-6-10-18(17)24-20(21)15-7-3-2-4-8-15/h2-13,24H,1H3,(H2,25,26,27). The molecule has 4 aromatic rings. The van der Waals surface area contributed by atoms with E-state index in [-0.39, 0.29) is 6.03 Å². The quantitative estimate of drug-likeness (QED) is 0.379. The van der Waals surface area contributed by atoms with Crippen LogP contribution in [0.25, 0.3) is 22.2 Å². The number of aromatic nitrogens is 1. The minimum absolute atomic E-state index is 0.317. The van der Waals surface area contributed by atoms with E-state index in [0.717, 1.165) is 33.4 Å². The van der Waals surface area contributed by atoms with Crippen molar-refractivity contribution in [3.63, 3.8) is 0 Å². The number of carbonyl (C=O) groups excluding carboxylic acids is 1. The summed E-state index contributed by atoms with van der Waals surface area (Å²) in [4.78, 5) is 16.1. The van der Waals surface area contributed by atoms with Crippen LogP contribution in [-0.2, 0) is 0 Å². The summed E-state index contributed by atoms with van der Waals surface area (Å²) in [5.74, 6) is 0. The highest BCUT2D eigenvalue weighted by Crippen LogP contribution is 2.35. The zero-order valence-electron chi connectivity index (χ0n) is 14.7. The van der Waals surface area contributed by atoms with Gasteiger partial charge >= 0.3 is 6.03 Å². The number of aryl methyl sites for hydroxylation is 1. The van der Waals surface area contributed by atoms with E-state index in [0.29, 0.717) is 10.7 Å². The van der Waals surface area contributed by atoms with Crippen molar-refractivity contribution >= 4 is 39.9 Å². The van der Waals surface area contributed by atoms with Crippen molar-refractivity contribution in [2.24, 2.45) is 0 Å². The van der Waals surface area contributed by atoms with Crippen molar-refractivity contribution in [2.75, 3.05) is 10.6 Å². The average molecular weight is 376 g/mol. The van der Waals surface area contributed by atoms with Crippen molar-refractivity contribution in [3.8, 4) is 11.3 Å². The Morgan fingerprint density at radius 2 is 1.67 bits per heavy atom. The Labute approximate surface area is 162 Å². The topological polar surface area (TPSA) is 56.9 Å². The predicted molar refractivity (Wildman–Crippen MR) is 113 cm³/mol. The third kappa shape index (κ3) is 3.52.